The summed E-state index contributed by atoms with van der Waals surface area (Å²) in [5.41, 5.74) is 1.03. The molecule has 7 nitrogen and oxygen atoms in total. The summed E-state index contributed by atoms with van der Waals surface area (Å²) in [6.45, 7) is 0.422. The molecule has 0 aliphatic heterocycles. The molecule has 10 heteroatoms. The van der Waals surface area contributed by atoms with Crippen LogP contribution in [0.15, 0.2) is 59.1 Å². The molecule has 28 heavy (non-hydrogen) atoms. The van der Waals surface area contributed by atoms with Crippen LogP contribution in [0.1, 0.15) is 5.56 Å². The predicted molar refractivity (Wildman–Crippen MR) is 108 cm³/mol. The number of nitrogens with one attached hydrogen (secondary N) is 2. The minimum Gasteiger partial charge on any atom is -0.389 e. The van der Waals surface area contributed by atoms with Crippen LogP contribution in [-0.2, 0) is 21.2 Å². The lowest BCUT2D eigenvalue weighted by molar-refractivity contribution is -0.112. The number of carbonyl (C=O) groups is 1. The molecule has 4 N–H and O–H groups in total. The topological polar surface area (TPSA) is 125 Å². The number of primary sulfonamides is 1. The van der Waals surface area contributed by atoms with Crippen molar-refractivity contribution in [1.29, 1.82) is 5.26 Å². The van der Waals surface area contributed by atoms with Crippen molar-refractivity contribution in [2.45, 2.75) is 11.3 Å². The van der Waals surface area contributed by atoms with Crippen LogP contribution in [-0.4, -0.2) is 20.9 Å². The molecule has 2 aromatic rings. The van der Waals surface area contributed by atoms with Gasteiger partial charge in [0, 0.05) is 12.7 Å². The van der Waals surface area contributed by atoms with Gasteiger partial charge in [0.05, 0.1) is 20.6 Å². The molecular formula is C18H16Cl2N4O3S. The molecule has 0 spiro atoms. The Morgan fingerprint density at radius 2 is 1.86 bits per heavy atom. The number of nitriles is 1. The van der Waals surface area contributed by atoms with Crippen molar-refractivity contribution in [2.24, 2.45) is 5.14 Å². The van der Waals surface area contributed by atoms with E-state index in [2.05, 4.69) is 10.6 Å². The maximum atomic E-state index is 12.2. The summed E-state index contributed by atoms with van der Waals surface area (Å²) in [5.74, 6) is -0.628. The van der Waals surface area contributed by atoms with Gasteiger partial charge in [-0.15, -0.1) is 0 Å². The number of rotatable bonds is 7. The molecule has 0 aromatic heterocycles. The Morgan fingerprint density at radius 1 is 1.18 bits per heavy atom. The number of benzene rings is 2. The molecule has 0 saturated heterocycles. The van der Waals surface area contributed by atoms with Crippen molar-refractivity contribution in [3.05, 3.63) is 69.8 Å². The lowest BCUT2D eigenvalue weighted by Crippen LogP contribution is -2.18. The van der Waals surface area contributed by atoms with Gasteiger partial charge in [-0.25, -0.2) is 13.6 Å². The first-order chi connectivity index (χ1) is 13.2. The number of amides is 1. The van der Waals surface area contributed by atoms with Crippen LogP contribution in [0, 0.1) is 11.3 Å². The summed E-state index contributed by atoms with van der Waals surface area (Å²) >= 11 is 11.9. The molecule has 0 radical (unpaired) electrons. The molecular weight excluding hydrogens is 423 g/mol. The van der Waals surface area contributed by atoms with Gasteiger partial charge >= 0.3 is 0 Å². The van der Waals surface area contributed by atoms with Gasteiger partial charge in [0.1, 0.15) is 11.6 Å². The van der Waals surface area contributed by atoms with Gasteiger partial charge in [-0.05, 0) is 36.2 Å². The molecule has 0 fully saturated rings. The Hall–Kier alpha value is -2.57. The van der Waals surface area contributed by atoms with Gasteiger partial charge in [0.2, 0.25) is 10.0 Å². The second-order valence-corrected chi connectivity index (χ2v) is 7.96. The van der Waals surface area contributed by atoms with E-state index in [1.54, 1.807) is 30.3 Å². The van der Waals surface area contributed by atoms with E-state index >= 15 is 0 Å². The average Bonchev–Trinajstić information content (AvgIpc) is 2.65. The minimum atomic E-state index is -3.72. The van der Waals surface area contributed by atoms with E-state index < -0.39 is 15.9 Å². The monoisotopic (exact) mass is 438 g/mol. The van der Waals surface area contributed by atoms with Gasteiger partial charge in [0.15, 0.2) is 0 Å². The lowest BCUT2D eigenvalue weighted by Gasteiger charge is -2.08. The molecule has 0 heterocycles. The maximum absolute atomic E-state index is 12.2. The van der Waals surface area contributed by atoms with Gasteiger partial charge in [0.25, 0.3) is 5.91 Å². The normalized spacial score (nSPS) is 11.6. The van der Waals surface area contributed by atoms with E-state index in [0.717, 1.165) is 5.56 Å². The number of nitrogens with two attached hydrogens (primary N) is 1. The Balaban J connectivity index is 1.93. The van der Waals surface area contributed by atoms with Crippen LogP contribution in [0.2, 0.25) is 10.0 Å². The molecule has 1 amide bonds. The second kappa shape index (κ2) is 9.57. The van der Waals surface area contributed by atoms with Gasteiger partial charge < -0.3 is 10.6 Å². The number of halogens is 2. The summed E-state index contributed by atoms with van der Waals surface area (Å²) in [4.78, 5) is 12.2. The molecule has 0 bridgehead atoms. The van der Waals surface area contributed by atoms with Crippen LogP contribution in [0.5, 0.6) is 0 Å². The number of sulfonamides is 1. The van der Waals surface area contributed by atoms with Crippen molar-refractivity contribution in [2.75, 3.05) is 11.9 Å². The highest BCUT2D eigenvalue weighted by Crippen LogP contribution is 2.29. The Morgan fingerprint density at radius 3 is 2.46 bits per heavy atom. The van der Waals surface area contributed by atoms with E-state index in [1.807, 2.05) is 6.07 Å². The van der Waals surface area contributed by atoms with Gasteiger partial charge in [-0.3, -0.25) is 4.79 Å². The molecule has 146 valence electrons. The molecule has 2 aromatic carbocycles. The van der Waals surface area contributed by atoms with Crippen molar-refractivity contribution in [3.63, 3.8) is 0 Å². The van der Waals surface area contributed by atoms with Crippen molar-refractivity contribution < 1.29 is 13.2 Å². The van der Waals surface area contributed by atoms with Crippen LogP contribution in [0.25, 0.3) is 0 Å². The maximum Gasteiger partial charge on any atom is 0.267 e. The highest BCUT2D eigenvalue weighted by molar-refractivity contribution is 7.89. The van der Waals surface area contributed by atoms with E-state index in [1.165, 1.54) is 18.3 Å². The number of hydrogen-bond acceptors (Lipinski definition) is 5. The van der Waals surface area contributed by atoms with Gasteiger partial charge in [-0.1, -0.05) is 41.4 Å². The van der Waals surface area contributed by atoms with Gasteiger partial charge in [-0.2, -0.15) is 5.26 Å². The minimum absolute atomic E-state index is 0.0345. The highest BCUT2D eigenvalue weighted by Gasteiger charge is 2.12. The molecule has 0 aliphatic carbocycles. The van der Waals surface area contributed by atoms with E-state index in [0.29, 0.717) is 18.7 Å². The quantitative estimate of drug-likeness (QED) is 0.348. The summed E-state index contributed by atoms with van der Waals surface area (Å²) in [5, 5.41) is 20.1. The lowest BCUT2D eigenvalue weighted by atomic mass is 10.1. The third-order valence-corrected chi connectivity index (χ3v) is 5.37. The summed E-state index contributed by atoms with van der Waals surface area (Å²) in [6.07, 6.45) is 1.84. The summed E-state index contributed by atoms with van der Waals surface area (Å²) in [7, 11) is -3.72. The third kappa shape index (κ3) is 5.97. The Bertz CT molecular complexity index is 1050. The van der Waals surface area contributed by atoms with Crippen molar-refractivity contribution in [1.82, 2.24) is 5.32 Å². The molecule has 0 aliphatic rings. The first-order valence-corrected chi connectivity index (χ1v) is 10.2. The van der Waals surface area contributed by atoms with E-state index in [9.17, 15) is 18.5 Å². The average molecular weight is 439 g/mol. The van der Waals surface area contributed by atoms with E-state index in [-0.39, 0.29) is 20.5 Å². The molecule has 2 rings (SSSR count). The van der Waals surface area contributed by atoms with Crippen LogP contribution >= 0.6 is 23.2 Å². The molecule has 0 unspecified atom stereocenters. The fourth-order valence-electron chi connectivity index (χ4n) is 2.18. The number of hydrogen-bond donors (Lipinski definition) is 3. The zero-order valence-electron chi connectivity index (χ0n) is 14.4. The third-order valence-electron chi connectivity index (χ3n) is 3.62. The zero-order valence-corrected chi connectivity index (χ0v) is 16.8. The fraction of sp³-hybridized carbons (Fsp3) is 0.111. The largest absolute Gasteiger partial charge is 0.389 e. The van der Waals surface area contributed by atoms with Crippen LogP contribution in [0.3, 0.4) is 0 Å². The first kappa shape index (κ1) is 21.7. The standard InChI is InChI=1S/C18H16Cl2N4O3S/c19-15-2-1-3-16(17(15)20)24-18(25)13(10-21)11-23-9-8-12-4-6-14(7-5-12)28(22,26)27/h1-7,11,23H,8-9H2,(H,24,25)(H2,22,26,27)/b13-11-. The number of carbonyl (C=O) groups excluding carboxylic acids is 1. The fourth-order valence-corrected chi connectivity index (χ4v) is 3.04. The Labute approximate surface area is 172 Å². The van der Waals surface area contributed by atoms with Crippen molar-refractivity contribution >= 4 is 44.8 Å². The van der Waals surface area contributed by atoms with Crippen LogP contribution in [0.4, 0.5) is 5.69 Å². The summed E-state index contributed by atoms with van der Waals surface area (Å²) < 4.78 is 22.4. The molecule has 0 saturated carbocycles. The Kier molecular flexibility index (Phi) is 7.43. The SMILES string of the molecule is N#C/C(=C/NCCc1ccc(S(N)(=O)=O)cc1)C(=O)Nc1cccc(Cl)c1Cl. The smallest absolute Gasteiger partial charge is 0.267 e. The summed E-state index contributed by atoms with van der Waals surface area (Å²) in [6, 6.07) is 12.7. The number of anilines is 1. The van der Waals surface area contributed by atoms with E-state index in [4.69, 9.17) is 28.3 Å². The highest BCUT2D eigenvalue weighted by atomic mass is 35.5. The number of nitrogens with zero attached hydrogens (tertiary/aromatic N) is 1. The zero-order chi connectivity index (χ0) is 20.7. The van der Waals surface area contributed by atoms with Crippen LogP contribution < -0.4 is 15.8 Å². The molecule has 0 atom stereocenters. The predicted octanol–water partition coefficient (Wildman–Crippen LogP) is 2.82. The first-order valence-electron chi connectivity index (χ1n) is 7.93. The second-order valence-electron chi connectivity index (χ2n) is 5.62. The van der Waals surface area contributed by atoms with Crippen molar-refractivity contribution in [3.8, 4) is 6.07 Å².